The first-order valence-corrected chi connectivity index (χ1v) is 8.12. The summed E-state index contributed by atoms with van der Waals surface area (Å²) in [4.78, 5) is 15.4. The number of carbonyl (C=O) groups is 1. The number of fused-ring (bicyclic) bond motifs is 3. The van der Waals surface area contributed by atoms with Crippen LogP contribution in [0.2, 0.25) is 0 Å². The average molecular weight is 300 g/mol. The summed E-state index contributed by atoms with van der Waals surface area (Å²) in [6.07, 6.45) is 0.870. The van der Waals surface area contributed by atoms with Crippen molar-refractivity contribution in [3.8, 4) is 0 Å². The van der Waals surface area contributed by atoms with Gasteiger partial charge < -0.3 is 15.5 Å². The molecule has 2 aliphatic rings. The first kappa shape index (κ1) is 12.9. The minimum atomic E-state index is -0.128. The second-order valence-corrected chi connectivity index (χ2v) is 6.91. The van der Waals surface area contributed by atoms with Crippen molar-refractivity contribution in [3.63, 3.8) is 0 Å². The first-order valence-electron chi connectivity index (χ1n) is 7.30. The fraction of sp³-hybridized carbons (Fsp3) is 0.312. The van der Waals surface area contributed by atoms with Crippen LogP contribution in [0.25, 0.3) is 0 Å². The molecule has 0 bridgehead atoms. The van der Waals surface area contributed by atoms with Gasteiger partial charge in [-0.1, -0.05) is 30.3 Å². The van der Waals surface area contributed by atoms with Crippen LogP contribution in [0, 0.1) is 0 Å². The molecule has 0 aliphatic carbocycles. The van der Waals surface area contributed by atoms with E-state index in [4.69, 9.17) is 0 Å². The number of carbonyl (C=O) groups excluding carboxylic acids is 1. The van der Waals surface area contributed by atoms with Crippen molar-refractivity contribution in [1.82, 2.24) is 5.32 Å². The summed E-state index contributed by atoms with van der Waals surface area (Å²) < 4.78 is 0. The van der Waals surface area contributed by atoms with Crippen LogP contribution in [-0.4, -0.2) is 19.5 Å². The van der Waals surface area contributed by atoms with E-state index in [2.05, 4.69) is 17.7 Å². The highest BCUT2D eigenvalue weighted by Gasteiger charge is 2.33. The standard InChI is InChI=1S/C16H17N3OS/c1-19-8-7-11-12(9-19)21-16-13(11)15(20)17-14(18-16)10-5-3-2-4-6-10/h2-6,14,18H,7-9H2,1H3,(H,17,20)/p+1/t14-/m1/s1. The number of amides is 1. The summed E-state index contributed by atoms with van der Waals surface area (Å²) in [6.45, 7) is 2.13. The SMILES string of the molecule is C[NH+]1CCc2c(sc3c2C(=O)N[C@@H](c2ccccc2)N3)C1. The molecule has 1 unspecified atom stereocenters. The maximum atomic E-state index is 12.5. The fourth-order valence-corrected chi connectivity index (χ4v) is 4.53. The molecule has 1 aromatic carbocycles. The molecule has 0 spiro atoms. The fourth-order valence-electron chi connectivity index (χ4n) is 3.14. The number of nitrogens with one attached hydrogen (secondary N) is 3. The quantitative estimate of drug-likeness (QED) is 0.740. The van der Waals surface area contributed by atoms with Gasteiger partial charge in [-0.3, -0.25) is 4.79 Å². The molecule has 0 saturated carbocycles. The van der Waals surface area contributed by atoms with Crippen molar-refractivity contribution in [1.29, 1.82) is 0 Å². The molecule has 0 saturated heterocycles. The van der Waals surface area contributed by atoms with E-state index in [1.165, 1.54) is 15.3 Å². The average Bonchev–Trinajstić information content (AvgIpc) is 2.85. The highest BCUT2D eigenvalue weighted by atomic mass is 32.1. The maximum absolute atomic E-state index is 12.5. The lowest BCUT2D eigenvalue weighted by atomic mass is 10.0. The van der Waals surface area contributed by atoms with Gasteiger partial charge >= 0.3 is 0 Å². The van der Waals surface area contributed by atoms with Crippen molar-refractivity contribution in [2.24, 2.45) is 0 Å². The second kappa shape index (κ2) is 4.86. The number of likely N-dealkylation sites (N-methyl/N-ethyl adjacent to an activating group) is 1. The van der Waals surface area contributed by atoms with E-state index in [-0.39, 0.29) is 12.1 Å². The summed E-state index contributed by atoms with van der Waals surface area (Å²) in [5.41, 5.74) is 3.23. The van der Waals surface area contributed by atoms with Gasteiger partial charge in [-0.15, -0.1) is 11.3 Å². The molecule has 4 nitrogen and oxygen atoms in total. The number of anilines is 1. The van der Waals surface area contributed by atoms with E-state index in [1.54, 1.807) is 11.3 Å². The van der Waals surface area contributed by atoms with Crippen molar-refractivity contribution >= 4 is 22.2 Å². The van der Waals surface area contributed by atoms with Crippen LogP contribution in [0.4, 0.5) is 5.00 Å². The molecule has 2 atom stereocenters. The van der Waals surface area contributed by atoms with Crippen molar-refractivity contribution < 1.29 is 9.69 Å². The Bertz CT molecular complexity index is 695. The van der Waals surface area contributed by atoms with Gasteiger partial charge in [-0.05, 0) is 11.1 Å². The van der Waals surface area contributed by atoms with Gasteiger partial charge in [0.25, 0.3) is 5.91 Å². The van der Waals surface area contributed by atoms with Crippen LogP contribution in [0.3, 0.4) is 0 Å². The Labute approximate surface area is 127 Å². The van der Waals surface area contributed by atoms with Crippen molar-refractivity contribution in [2.45, 2.75) is 19.1 Å². The number of benzene rings is 1. The summed E-state index contributed by atoms with van der Waals surface area (Å²) in [5, 5.41) is 7.61. The van der Waals surface area contributed by atoms with Crippen LogP contribution in [0.15, 0.2) is 30.3 Å². The lowest BCUT2D eigenvalue weighted by molar-refractivity contribution is -0.895. The number of quaternary nitrogens is 1. The Kier molecular flexibility index (Phi) is 2.97. The molecule has 3 N–H and O–H groups in total. The van der Waals surface area contributed by atoms with E-state index < -0.39 is 0 Å². The maximum Gasteiger partial charge on any atom is 0.256 e. The van der Waals surface area contributed by atoms with Crippen molar-refractivity contribution in [3.05, 3.63) is 51.9 Å². The molecule has 2 aliphatic heterocycles. The van der Waals surface area contributed by atoms with Gasteiger partial charge in [0.15, 0.2) is 0 Å². The molecular formula is C16H18N3OS+. The number of hydrogen-bond acceptors (Lipinski definition) is 3. The Balaban J connectivity index is 1.71. The molecule has 1 aromatic heterocycles. The number of thiophene rings is 1. The third kappa shape index (κ3) is 2.13. The van der Waals surface area contributed by atoms with E-state index in [0.717, 1.165) is 35.6 Å². The zero-order valence-electron chi connectivity index (χ0n) is 11.9. The third-order valence-electron chi connectivity index (χ3n) is 4.27. The molecule has 1 amide bonds. The molecule has 108 valence electrons. The van der Waals surface area contributed by atoms with Gasteiger partial charge in [0.05, 0.1) is 24.0 Å². The molecule has 4 rings (SSSR count). The third-order valence-corrected chi connectivity index (χ3v) is 5.43. The lowest BCUT2D eigenvalue weighted by Crippen LogP contribution is -3.08. The van der Waals surface area contributed by atoms with E-state index in [0.29, 0.717) is 0 Å². The molecule has 3 heterocycles. The number of hydrogen-bond donors (Lipinski definition) is 3. The predicted octanol–water partition coefficient (Wildman–Crippen LogP) is 1.17. The topological polar surface area (TPSA) is 45.6 Å². The predicted molar refractivity (Wildman–Crippen MR) is 83.8 cm³/mol. The van der Waals surface area contributed by atoms with Gasteiger partial charge in [0.1, 0.15) is 17.7 Å². The molecule has 21 heavy (non-hydrogen) atoms. The highest BCUT2D eigenvalue weighted by Crippen LogP contribution is 2.38. The van der Waals surface area contributed by atoms with Gasteiger partial charge in [0.2, 0.25) is 0 Å². The van der Waals surface area contributed by atoms with Crippen LogP contribution >= 0.6 is 11.3 Å². The van der Waals surface area contributed by atoms with Crippen LogP contribution in [0.5, 0.6) is 0 Å². The Morgan fingerprint density at radius 3 is 2.86 bits per heavy atom. The van der Waals surface area contributed by atoms with Crippen molar-refractivity contribution in [2.75, 3.05) is 18.9 Å². The minimum absolute atomic E-state index is 0.0645. The molecule has 0 radical (unpaired) electrons. The van der Waals surface area contributed by atoms with Crippen LogP contribution in [-0.2, 0) is 13.0 Å². The molecule has 5 heteroatoms. The lowest BCUT2D eigenvalue weighted by Gasteiger charge is -2.27. The highest BCUT2D eigenvalue weighted by molar-refractivity contribution is 7.16. The minimum Gasteiger partial charge on any atom is -0.353 e. The summed E-state index contributed by atoms with van der Waals surface area (Å²) in [7, 11) is 2.21. The number of rotatable bonds is 1. The Morgan fingerprint density at radius 1 is 1.24 bits per heavy atom. The van der Waals surface area contributed by atoms with Crippen LogP contribution in [0.1, 0.15) is 32.5 Å². The molecule has 2 aromatic rings. The second-order valence-electron chi connectivity index (χ2n) is 5.80. The van der Waals surface area contributed by atoms with E-state index >= 15 is 0 Å². The van der Waals surface area contributed by atoms with Gasteiger partial charge in [-0.25, -0.2) is 0 Å². The largest absolute Gasteiger partial charge is 0.353 e. The zero-order valence-corrected chi connectivity index (χ0v) is 12.7. The summed E-state index contributed by atoms with van der Waals surface area (Å²) >= 11 is 1.75. The summed E-state index contributed by atoms with van der Waals surface area (Å²) in [6, 6.07) is 10.1. The van der Waals surface area contributed by atoms with Crippen LogP contribution < -0.4 is 15.5 Å². The van der Waals surface area contributed by atoms with E-state index in [9.17, 15) is 4.79 Å². The zero-order chi connectivity index (χ0) is 14.4. The summed E-state index contributed by atoms with van der Waals surface area (Å²) in [5.74, 6) is 0.0645. The van der Waals surface area contributed by atoms with Gasteiger partial charge in [0, 0.05) is 6.42 Å². The van der Waals surface area contributed by atoms with Gasteiger partial charge in [-0.2, -0.15) is 0 Å². The molecule has 0 fully saturated rings. The smallest absolute Gasteiger partial charge is 0.256 e. The van der Waals surface area contributed by atoms with E-state index in [1.807, 2.05) is 30.3 Å². The molecular weight excluding hydrogens is 282 g/mol. The Hall–Kier alpha value is -1.85. The Morgan fingerprint density at radius 2 is 2.05 bits per heavy atom. The normalized spacial score (nSPS) is 23.8. The first-order chi connectivity index (χ1) is 10.2. The monoisotopic (exact) mass is 300 g/mol.